The molecule has 1 heterocycles. The van der Waals surface area contributed by atoms with Crippen molar-refractivity contribution in [3.63, 3.8) is 0 Å². The van der Waals surface area contributed by atoms with Gasteiger partial charge in [-0.3, -0.25) is 0 Å². The normalized spacial score (nSPS) is 19.4. The number of thiazole rings is 1. The number of hydrogen-bond donors (Lipinski definition) is 1. The first-order valence-corrected chi connectivity index (χ1v) is 7.88. The van der Waals surface area contributed by atoms with E-state index >= 15 is 0 Å². The van der Waals surface area contributed by atoms with Crippen LogP contribution in [0, 0.1) is 0 Å². The van der Waals surface area contributed by atoms with Crippen molar-refractivity contribution in [3.05, 3.63) is 50.9 Å². The third kappa shape index (κ3) is 2.99. The molecular formula is C15H17ClN2S. The van der Waals surface area contributed by atoms with Gasteiger partial charge in [0.2, 0.25) is 0 Å². The van der Waals surface area contributed by atoms with E-state index in [2.05, 4.69) is 29.4 Å². The Balaban J connectivity index is 1.56. The number of rotatable bonds is 4. The zero-order valence-corrected chi connectivity index (χ0v) is 12.5. The van der Waals surface area contributed by atoms with E-state index in [4.69, 9.17) is 11.6 Å². The van der Waals surface area contributed by atoms with Crippen LogP contribution in [0.2, 0.25) is 5.02 Å². The van der Waals surface area contributed by atoms with Crippen LogP contribution in [0.1, 0.15) is 29.0 Å². The average Bonchev–Trinajstić information content (AvgIpc) is 3.04. The van der Waals surface area contributed by atoms with Crippen LogP contribution in [0.25, 0.3) is 0 Å². The molecule has 100 valence electrons. The number of halogens is 1. The van der Waals surface area contributed by atoms with E-state index in [0.29, 0.717) is 12.0 Å². The molecule has 2 aromatic rings. The molecule has 19 heavy (non-hydrogen) atoms. The molecule has 2 nitrogen and oxygen atoms in total. The summed E-state index contributed by atoms with van der Waals surface area (Å²) >= 11 is 7.77. The molecule has 0 saturated carbocycles. The molecule has 1 N–H and O–H groups in total. The Morgan fingerprint density at radius 3 is 3.05 bits per heavy atom. The summed E-state index contributed by atoms with van der Waals surface area (Å²) < 4.78 is 0. The molecule has 2 unspecified atom stereocenters. The van der Waals surface area contributed by atoms with Crippen LogP contribution in [-0.2, 0) is 12.8 Å². The van der Waals surface area contributed by atoms with E-state index < -0.39 is 0 Å². The first kappa shape index (κ1) is 13.1. The smallest absolute Gasteiger partial charge is 0.0965 e. The van der Waals surface area contributed by atoms with Crippen molar-refractivity contribution >= 4 is 22.9 Å². The van der Waals surface area contributed by atoms with Gasteiger partial charge in [-0.2, -0.15) is 0 Å². The molecule has 1 aliphatic rings. The molecule has 0 bridgehead atoms. The quantitative estimate of drug-likeness (QED) is 0.930. The fourth-order valence-electron chi connectivity index (χ4n) is 2.64. The van der Waals surface area contributed by atoms with Gasteiger partial charge in [0, 0.05) is 35.1 Å². The highest BCUT2D eigenvalue weighted by Gasteiger charge is 2.21. The van der Waals surface area contributed by atoms with E-state index in [9.17, 15) is 0 Å². The summed E-state index contributed by atoms with van der Waals surface area (Å²) in [6.07, 6.45) is 4.07. The molecule has 1 aromatic heterocycles. The van der Waals surface area contributed by atoms with Gasteiger partial charge in [-0.1, -0.05) is 24.6 Å². The van der Waals surface area contributed by atoms with Crippen molar-refractivity contribution in [1.29, 1.82) is 0 Å². The second-order valence-electron chi connectivity index (χ2n) is 5.20. The molecule has 0 spiro atoms. The van der Waals surface area contributed by atoms with E-state index in [1.54, 1.807) is 11.3 Å². The maximum atomic E-state index is 6.04. The van der Waals surface area contributed by atoms with E-state index in [1.165, 1.54) is 16.1 Å². The number of hydrogen-bond acceptors (Lipinski definition) is 3. The standard InChI is InChI=1S/C15H17ClN2S/c1-10(15-17-4-5-19-15)9-18-14-7-11-2-3-13(16)6-12(11)8-14/h2-6,10,14,18H,7-9H2,1H3. The van der Waals surface area contributed by atoms with Crippen LogP contribution in [-0.4, -0.2) is 17.6 Å². The fraction of sp³-hybridized carbons (Fsp3) is 0.400. The largest absolute Gasteiger partial charge is 0.313 e. The monoisotopic (exact) mass is 292 g/mol. The zero-order valence-electron chi connectivity index (χ0n) is 10.9. The van der Waals surface area contributed by atoms with E-state index in [0.717, 1.165) is 24.4 Å². The predicted octanol–water partition coefficient (Wildman–Crippen LogP) is 3.66. The van der Waals surface area contributed by atoms with Gasteiger partial charge >= 0.3 is 0 Å². The van der Waals surface area contributed by atoms with Gasteiger partial charge in [-0.15, -0.1) is 11.3 Å². The summed E-state index contributed by atoms with van der Waals surface area (Å²) in [6.45, 7) is 3.21. The van der Waals surface area contributed by atoms with Crippen LogP contribution in [0.3, 0.4) is 0 Å². The SMILES string of the molecule is CC(CNC1Cc2ccc(Cl)cc2C1)c1nccs1. The van der Waals surface area contributed by atoms with Gasteiger partial charge in [-0.25, -0.2) is 4.98 Å². The maximum absolute atomic E-state index is 6.04. The first-order chi connectivity index (χ1) is 9.22. The Hall–Kier alpha value is -0.900. The average molecular weight is 293 g/mol. The fourth-order valence-corrected chi connectivity index (χ4v) is 3.53. The summed E-state index contributed by atoms with van der Waals surface area (Å²) in [7, 11) is 0. The van der Waals surface area contributed by atoms with Crippen molar-refractivity contribution in [2.75, 3.05) is 6.54 Å². The zero-order chi connectivity index (χ0) is 13.2. The van der Waals surface area contributed by atoms with Gasteiger partial charge in [0.25, 0.3) is 0 Å². The Morgan fingerprint density at radius 2 is 2.26 bits per heavy atom. The van der Waals surface area contributed by atoms with Gasteiger partial charge in [0.05, 0.1) is 5.01 Å². The lowest BCUT2D eigenvalue weighted by Gasteiger charge is -2.15. The molecule has 0 saturated heterocycles. The molecule has 0 aliphatic heterocycles. The molecule has 3 rings (SSSR count). The number of benzene rings is 1. The predicted molar refractivity (Wildman–Crippen MR) is 81.2 cm³/mol. The lowest BCUT2D eigenvalue weighted by atomic mass is 10.1. The third-order valence-electron chi connectivity index (χ3n) is 3.69. The molecule has 0 radical (unpaired) electrons. The van der Waals surface area contributed by atoms with Crippen LogP contribution >= 0.6 is 22.9 Å². The number of fused-ring (bicyclic) bond motifs is 1. The summed E-state index contributed by atoms with van der Waals surface area (Å²) in [5.74, 6) is 0.479. The van der Waals surface area contributed by atoms with Crippen molar-refractivity contribution < 1.29 is 0 Å². The van der Waals surface area contributed by atoms with Gasteiger partial charge in [0.1, 0.15) is 0 Å². The van der Waals surface area contributed by atoms with Crippen molar-refractivity contribution in [2.45, 2.75) is 31.7 Å². The number of nitrogens with one attached hydrogen (secondary N) is 1. The maximum Gasteiger partial charge on any atom is 0.0965 e. The number of aromatic nitrogens is 1. The molecule has 0 fully saturated rings. The van der Waals surface area contributed by atoms with E-state index in [1.807, 2.05) is 17.6 Å². The molecular weight excluding hydrogens is 276 g/mol. The van der Waals surface area contributed by atoms with Crippen LogP contribution in [0.15, 0.2) is 29.8 Å². The minimum absolute atomic E-state index is 0.479. The number of nitrogens with zero attached hydrogens (tertiary/aromatic N) is 1. The minimum Gasteiger partial charge on any atom is -0.313 e. The highest BCUT2D eigenvalue weighted by atomic mass is 35.5. The Labute approximate surface area is 122 Å². The first-order valence-electron chi connectivity index (χ1n) is 6.62. The van der Waals surface area contributed by atoms with Crippen molar-refractivity contribution in [3.8, 4) is 0 Å². The lowest BCUT2D eigenvalue weighted by molar-refractivity contribution is 0.506. The summed E-state index contributed by atoms with van der Waals surface area (Å²) in [5, 5.41) is 7.76. The Morgan fingerprint density at radius 1 is 1.42 bits per heavy atom. The second-order valence-corrected chi connectivity index (χ2v) is 6.56. The van der Waals surface area contributed by atoms with Gasteiger partial charge in [0.15, 0.2) is 0 Å². The molecule has 1 aromatic carbocycles. The van der Waals surface area contributed by atoms with Gasteiger partial charge in [-0.05, 0) is 36.1 Å². The minimum atomic E-state index is 0.479. The highest BCUT2D eigenvalue weighted by molar-refractivity contribution is 7.09. The van der Waals surface area contributed by atoms with Gasteiger partial charge < -0.3 is 5.32 Å². The van der Waals surface area contributed by atoms with Crippen molar-refractivity contribution in [2.24, 2.45) is 0 Å². The highest BCUT2D eigenvalue weighted by Crippen LogP contribution is 2.26. The van der Waals surface area contributed by atoms with Crippen molar-refractivity contribution in [1.82, 2.24) is 10.3 Å². The summed E-state index contributed by atoms with van der Waals surface area (Å²) in [4.78, 5) is 4.37. The third-order valence-corrected chi connectivity index (χ3v) is 4.93. The Kier molecular flexibility index (Phi) is 3.87. The topological polar surface area (TPSA) is 24.9 Å². The molecule has 1 aliphatic carbocycles. The lowest BCUT2D eigenvalue weighted by Crippen LogP contribution is -2.32. The Bertz CT molecular complexity index is 553. The van der Waals surface area contributed by atoms with Crippen LogP contribution in [0.4, 0.5) is 0 Å². The van der Waals surface area contributed by atoms with Crippen LogP contribution < -0.4 is 5.32 Å². The molecule has 0 amide bonds. The van der Waals surface area contributed by atoms with E-state index in [-0.39, 0.29) is 0 Å². The summed E-state index contributed by atoms with van der Waals surface area (Å²) in [6, 6.07) is 6.78. The summed E-state index contributed by atoms with van der Waals surface area (Å²) in [5.41, 5.74) is 2.83. The molecule has 4 heteroatoms. The molecule has 2 atom stereocenters. The van der Waals surface area contributed by atoms with Crippen LogP contribution in [0.5, 0.6) is 0 Å². The second kappa shape index (κ2) is 5.61.